The summed E-state index contributed by atoms with van der Waals surface area (Å²) in [7, 11) is 0. The highest BCUT2D eigenvalue weighted by atomic mass is 32.1. The molecule has 1 saturated heterocycles. The number of amides is 2. The van der Waals surface area contributed by atoms with Crippen LogP contribution in [0.2, 0.25) is 0 Å². The molecule has 2 amide bonds. The first kappa shape index (κ1) is 26.7. The van der Waals surface area contributed by atoms with Gasteiger partial charge in [-0.25, -0.2) is 0 Å². The van der Waals surface area contributed by atoms with Crippen molar-refractivity contribution in [3.63, 3.8) is 0 Å². The van der Waals surface area contributed by atoms with E-state index in [1.54, 1.807) is 6.07 Å². The van der Waals surface area contributed by atoms with Gasteiger partial charge >= 0.3 is 6.36 Å². The van der Waals surface area contributed by atoms with E-state index in [0.29, 0.717) is 34.9 Å². The molecule has 39 heavy (non-hydrogen) atoms. The van der Waals surface area contributed by atoms with Crippen molar-refractivity contribution in [1.82, 2.24) is 20.4 Å². The van der Waals surface area contributed by atoms with E-state index in [1.165, 1.54) is 23.5 Å². The first-order valence-electron chi connectivity index (χ1n) is 12.1. The zero-order chi connectivity index (χ0) is 27.4. The maximum Gasteiger partial charge on any atom is 0.573 e. The van der Waals surface area contributed by atoms with Crippen LogP contribution >= 0.6 is 11.3 Å². The molecule has 2 aromatic heterocycles. The third-order valence-electron chi connectivity index (χ3n) is 6.09. The molecule has 0 bridgehead atoms. The topological polar surface area (TPSA) is 109 Å². The summed E-state index contributed by atoms with van der Waals surface area (Å²) >= 11 is 1.17. The van der Waals surface area contributed by atoms with E-state index in [1.807, 2.05) is 30.3 Å². The number of morpholine rings is 1. The summed E-state index contributed by atoms with van der Waals surface area (Å²) in [5.74, 6) is -1.06. The Morgan fingerprint density at radius 1 is 1.08 bits per heavy atom. The lowest BCUT2D eigenvalue weighted by atomic mass is 10.1. The molecule has 5 rings (SSSR count). The molecule has 9 nitrogen and oxygen atoms in total. The zero-order valence-corrected chi connectivity index (χ0v) is 21.3. The smallest absolute Gasteiger partial charge is 0.406 e. The molecule has 1 aliphatic rings. The highest BCUT2D eigenvalue weighted by molar-refractivity contribution is 7.21. The minimum atomic E-state index is -4.82. The minimum Gasteiger partial charge on any atom is -0.406 e. The number of thiophene rings is 1. The van der Waals surface area contributed by atoms with Gasteiger partial charge in [0.05, 0.1) is 34.3 Å². The first-order chi connectivity index (χ1) is 18.7. The molecular weight excluding hydrogens is 535 g/mol. The Labute approximate surface area is 224 Å². The Morgan fingerprint density at radius 3 is 2.49 bits per heavy atom. The number of H-pyrrole nitrogens is 1. The van der Waals surface area contributed by atoms with Crippen molar-refractivity contribution in [2.45, 2.75) is 12.4 Å². The summed E-state index contributed by atoms with van der Waals surface area (Å²) in [5.41, 5.74) is 1.67. The molecular formula is C26H24F3N5O4S. The molecule has 4 aromatic rings. The number of hydrogen-bond acceptors (Lipinski definition) is 7. The predicted octanol–water partition coefficient (Wildman–Crippen LogP) is 4.58. The van der Waals surface area contributed by atoms with E-state index in [-0.39, 0.29) is 23.3 Å². The number of benzene rings is 2. The summed E-state index contributed by atoms with van der Waals surface area (Å²) in [4.78, 5) is 28.6. The Bertz CT molecular complexity index is 1430. The monoisotopic (exact) mass is 559 g/mol. The number of aromatic amines is 1. The molecule has 1 aliphatic heterocycles. The largest absolute Gasteiger partial charge is 0.573 e. The highest BCUT2D eigenvalue weighted by Crippen LogP contribution is 2.31. The summed E-state index contributed by atoms with van der Waals surface area (Å²) in [5, 5.41) is 12.7. The Balaban J connectivity index is 1.28. The SMILES string of the molecule is O=C(Nc1n[nH]c2cc(C(=O)NC(CN3CCOCC3)c3ccccc3)sc12)c1ccc(OC(F)(F)F)cc1. The molecule has 1 atom stereocenters. The molecule has 3 N–H and O–H groups in total. The van der Waals surface area contributed by atoms with Crippen LogP contribution in [0, 0.1) is 0 Å². The standard InChI is InChI=1S/C26H24F3N5O4S/c27-26(28,29)38-18-8-6-17(7-9-18)24(35)31-23-22-19(32-33-23)14-21(39-22)25(36)30-20(16-4-2-1-3-5-16)15-34-10-12-37-13-11-34/h1-9,14,20H,10-13,15H2,(H,30,36)(H2,31,32,33,35). The number of aromatic nitrogens is 2. The summed E-state index contributed by atoms with van der Waals surface area (Å²) < 4.78 is 47.0. The van der Waals surface area contributed by atoms with Crippen LogP contribution in [0.15, 0.2) is 60.7 Å². The van der Waals surface area contributed by atoms with Gasteiger partial charge in [-0.3, -0.25) is 19.6 Å². The van der Waals surface area contributed by atoms with Crippen molar-refractivity contribution >= 4 is 39.2 Å². The summed E-state index contributed by atoms with van der Waals surface area (Å²) in [6, 6.07) is 15.7. The molecule has 1 fully saturated rings. The van der Waals surface area contributed by atoms with Crippen LogP contribution in [0.4, 0.5) is 19.0 Å². The second-order valence-electron chi connectivity index (χ2n) is 8.80. The van der Waals surface area contributed by atoms with E-state index >= 15 is 0 Å². The number of alkyl halides is 3. The maximum atomic E-state index is 13.3. The number of carbonyl (C=O) groups excluding carboxylic acids is 2. The van der Waals surface area contributed by atoms with Crippen molar-refractivity contribution in [2.75, 3.05) is 38.2 Å². The number of nitrogens with one attached hydrogen (secondary N) is 3. The van der Waals surface area contributed by atoms with Gasteiger partial charge in [-0.05, 0) is 35.9 Å². The van der Waals surface area contributed by atoms with Crippen molar-refractivity contribution in [3.05, 3.63) is 76.7 Å². The van der Waals surface area contributed by atoms with Gasteiger partial charge in [0.1, 0.15) is 5.75 Å². The lowest BCUT2D eigenvalue weighted by Gasteiger charge is -2.31. The van der Waals surface area contributed by atoms with Crippen molar-refractivity contribution < 1.29 is 32.2 Å². The van der Waals surface area contributed by atoms with Gasteiger partial charge < -0.3 is 20.1 Å². The fraction of sp³-hybridized carbons (Fsp3) is 0.269. The van der Waals surface area contributed by atoms with Crippen LogP contribution in [0.1, 0.15) is 31.6 Å². The predicted molar refractivity (Wildman–Crippen MR) is 139 cm³/mol. The summed E-state index contributed by atoms with van der Waals surface area (Å²) in [6.45, 7) is 3.51. The van der Waals surface area contributed by atoms with Crippen LogP contribution in [0.3, 0.4) is 0 Å². The van der Waals surface area contributed by atoms with E-state index < -0.39 is 18.0 Å². The molecule has 2 aromatic carbocycles. The number of ether oxygens (including phenoxy) is 2. The van der Waals surface area contributed by atoms with Crippen molar-refractivity contribution in [2.24, 2.45) is 0 Å². The van der Waals surface area contributed by atoms with E-state index in [0.717, 1.165) is 30.8 Å². The molecule has 0 aliphatic carbocycles. The normalized spacial score (nSPS) is 15.2. The van der Waals surface area contributed by atoms with Gasteiger partial charge in [0.15, 0.2) is 5.82 Å². The minimum absolute atomic E-state index is 0.115. The number of anilines is 1. The quantitative estimate of drug-likeness (QED) is 0.292. The Hall–Kier alpha value is -3.94. The summed E-state index contributed by atoms with van der Waals surface area (Å²) in [6.07, 6.45) is -4.82. The number of carbonyl (C=O) groups is 2. The van der Waals surface area contributed by atoms with E-state index in [2.05, 4.69) is 30.5 Å². The van der Waals surface area contributed by atoms with Crippen LogP contribution < -0.4 is 15.4 Å². The van der Waals surface area contributed by atoms with Gasteiger partial charge in [0.2, 0.25) is 0 Å². The maximum absolute atomic E-state index is 13.3. The van der Waals surface area contributed by atoms with Gasteiger partial charge in [-0.15, -0.1) is 24.5 Å². The Kier molecular flexibility index (Phi) is 7.82. The molecule has 204 valence electrons. The highest BCUT2D eigenvalue weighted by Gasteiger charge is 2.31. The van der Waals surface area contributed by atoms with Gasteiger partial charge in [-0.1, -0.05) is 30.3 Å². The number of halogens is 3. The Morgan fingerprint density at radius 2 is 1.79 bits per heavy atom. The van der Waals surface area contributed by atoms with Gasteiger partial charge in [0.25, 0.3) is 11.8 Å². The molecule has 0 radical (unpaired) electrons. The lowest BCUT2D eigenvalue weighted by Crippen LogP contribution is -2.43. The third-order valence-corrected chi connectivity index (χ3v) is 7.23. The number of fused-ring (bicyclic) bond motifs is 1. The third kappa shape index (κ3) is 6.74. The average Bonchev–Trinajstić information content (AvgIpc) is 3.51. The second-order valence-corrected chi connectivity index (χ2v) is 9.85. The van der Waals surface area contributed by atoms with E-state index in [4.69, 9.17) is 4.74 Å². The first-order valence-corrected chi connectivity index (χ1v) is 12.9. The van der Waals surface area contributed by atoms with Crippen LogP contribution in [0.25, 0.3) is 10.2 Å². The van der Waals surface area contributed by atoms with Gasteiger partial charge in [-0.2, -0.15) is 5.10 Å². The van der Waals surface area contributed by atoms with Gasteiger partial charge in [0, 0.05) is 25.2 Å². The van der Waals surface area contributed by atoms with Crippen LogP contribution in [-0.2, 0) is 4.74 Å². The van der Waals surface area contributed by atoms with Crippen LogP contribution in [0.5, 0.6) is 5.75 Å². The fourth-order valence-corrected chi connectivity index (χ4v) is 5.15. The fourth-order valence-electron chi connectivity index (χ4n) is 4.19. The zero-order valence-electron chi connectivity index (χ0n) is 20.5. The van der Waals surface area contributed by atoms with E-state index in [9.17, 15) is 22.8 Å². The molecule has 13 heteroatoms. The molecule has 3 heterocycles. The van der Waals surface area contributed by atoms with Crippen molar-refractivity contribution in [3.8, 4) is 5.75 Å². The molecule has 0 spiro atoms. The molecule has 1 unspecified atom stereocenters. The number of rotatable bonds is 8. The lowest BCUT2D eigenvalue weighted by molar-refractivity contribution is -0.274. The van der Waals surface area contributed by atoms with Crippen LogP contribution in [-0.4, -0.2) is 66.1 Å². The average molecular weight is 560 g/mol. The second kappa shape index (κ2) is 11.4. The number of hydrogen-bond donors (Lipinski definition) is 3. The number of nitrogens with zero attached hydrogens (tertiary/aromatic N) is 2. The van der Waals surface area contributed by atoms with Crippen molar-refractivity contribution in [1.29, 1.82) is 0 Å². The molecule has 0 saturated carbocycles.